The van der Waals surface area contributed by atoms with E-state index >= 15 is 0 Å². The fourth-order valence-corrected chi connectivity index (χ4v) is 4.45. The number of rotatable bonds is 4. The molecule has 0 radical (unpaired) electrons. The first-order valence-electron chi connectivity index (χ1n) is 9.58. The van der Waals surface area contributed by atoms with Gasteiger partial charge in [0.2, 0.25) is 5.91 Å². The molecule has 1 atom stereocenters. The molecule has 3 rings (SSSR count). The molecule has 138 valence electrons. The second-order valence-corrected chi connectivity index (χ2v) is 8.25. The summed E-state index contributed by atoms with van der Waals surface area (Å²) >= 11 is 1.64. The molecular formula is C19H29N3O2S. The van der Waals surface area contributed by atoms with Crippen LogP contribution in [0.4, 0.5) is 4.79 Å². The number of thiophene rings is 1. The molecule has 5 nitrogen and oxygen atoms in total. The average molecular weight is 364 g/mol. The number of piperidine rings is 1. The summed E-state index contributed by atoms with van der Waals surface area (Å²) in [4.78, 5) is 28.0. The lowest BCUT2D eigenvalue weighted by molar-refractivity contribution is -0.127. The minimum Gasteiger partial charge on any atom is -0.353 e. The van der Waals surface area contributed by atoms with Crippen molar-refractivity contribution in [3.05, 3.63) is 22.4 Å². The minimum atomic E-state index is -0.0653. The highest BCUT2D eigenvalue weighted by Gasteiger charge is 2.29. The first kappa shape index (κ1) is 18.2. The van der Waals surface area contributed by atoms with Crippen LogP contribution < -0.4 is 10.6 Å². The summed E-state index contributed by atoms with van der Waals surface area (Å²) in [5.41, 5.74) is 0. The summed E-state index contributed by atoms with van der Waals surface area (Å²) in [6.45, 7) is 1.84. The third-order valence-electron chi connectivity index (χ3n) is 5.27. The number of nitrogens with zero attached hydrogens (tertiary/aromatic N) is 1. The van der Waals surface area contributed by atoms with Crippen LogP contribution in [0.2, 0.25) is 0 Å². The highest BCUT2D eigenvalue weighted by Crippen LogP contribution is 2.20. The van der Waals surface area contributed by atoms with Gasteiger partial charge in [-0.3, -0.25) is 4.79 Å². The number of carbonyl (C=O) groups excluding carboxylic acids is 2. The quantitative estimate of drug-likeness (QED) is 0.804. The van der Waals surface area contributed by atoms with Crippen LogP contribution in [0.5, 0.6) is 0 Å². The topological polar surface area (TPSA) is 61.4 Å². The highest BCUT2D eigenvalue weighted by molar-refractivity contribution is 7.09. The van der Waals surface area contributed by atoms with Crippen molar-refractivity contribution in [2.75, 3.05) is 13.1 Å². The Hall–Kier alpha value is -1.56. The Morgan fingerprint density at radius 2 is 1.92 bits per heavy atom. The van der Waals surface area contributed by atoms with Gasteiger partial charge in [-0.1, -0.05) is 31.7 Å². The summed E-state index contributed by atoms with van der Waals surface area (Å²) in [5.74, 6) is 0.0761. The minimum absolute atomic E-state index is 0.0552. The van der Waals surface area contributed by atoms with E-state index in [9.17, 15) is 9.59 Å². The summed E-state index contributed by atoms with van der Waals surface area (Å²) in [6.07, 6.45) is 8.98. The van der Waals surface area contributed by atoms with Gasteiger partial charge in [0.05, 0.1) is 12.5 Å². The van der Waals surface area contributed by atoms with Crippen LogP contribution in [0.3, 0.4) is 0 Å². The molecule has 0 spiro atoms. The van der Waals surface area contributed by atoms with E-state index in [1.165, 1.54) is 25.7 Å². The van der Waals surface area contributed by atoms with Crippen LogP contribution in [-0.4, -0.2) is 36.0 Å². The van der Waals surface area contributed by atoms with Gasteiger partial charge in [0.1, 0.15) is 0 Å². The van der Waals surface area contributed by atoms with Crippen molar-refractivity contribution in [3.8, 4) is 0 Å². The van der Waals surface area contributed by atoms with Gasteiger partial charge < -0.3 is 15.5 Å². The first-order valence-corrected chi connectivity index (χ1v) is 10.5. The molecule has 2 heterocycles. The van der Waals surface area contributed by atoms with E-state index in [1.54, 1.807) is 16.2 Å². The molecule has 2 N–H and O–H groups in total. The standard InChI is InChI=1S/C19H29N3O2S/c23-18(21-16-8-3-1-2-4-9-16)15-7-5-11-22(14-15)19(24)20-13-17-10-6-12-25-17/h6,10,12,15-16H,1-5,7-9,11,13-14H2,(H,20,24)(H,21,23). The second-order valence-electron chi connectivity index (χ2n) is 7.22. The summed E-state index contributed by atoms with van der Waals surface area (Å²) < 4.78 is 0. The van der Waals surface area contributed by atoms with Crippen LogP contribution in [0.15, 0.2) is 17.5 Å². The number of carbonyl (C=O) groups is 2. The van der Waals surface area contributed by atoms with E-state index in [1.807, 2.05) is 17.5 Å². The molecule has 1 aromatic heterocycles. The molecule has 6 heteroatoms. The van der Waals surface area contributed by atoms with Crippen molar-refractivity contribution in [2.45, 2.75) is 64.0 Å². The Morgan fingerprint density at radius 3 is 2.64 bits per heavy atom. The van der Waals surface area contributed by atoms with Crippen molar-refractivity contribution in [3.63, 3.8) is 0 Å². The molecule has 0 bridgehead atoms. The van der Waals surface area contributed by atoms with E-state index in [2.05, 4.69) is 10.6 Å². The van der Waals surface area contributed by atoms with Crippen molar-refractivity contribution >= 4 is 23.3 Å². The van der Waals surface area contributed by atoms with Gasteiger partial charge in [-0.15, -0.1) is 11.3 Å². The van der Waals surface area contributed by atoms with Gasteiger partial charge in [0.15, 0.2) is 0 Å². The van der Waals surface area contributed by atoms with Crippen LogP contribution in [0.1, 0.15) is 56.2 Å². The van der Waals surface area contributed by atoms with E-state index < -0.39 is 0 Å². The maximum atomic E-state index is 12.6. The Balaban J connectivity index is 1.46. The first-order chi connectivity index (χ1) is 12.2. The van der Waals surface area contributed by atoms with E-state index in [4.69, 9.17) is 0 Å². The smallest absolute Gasteiger partial charge is 0.317 e. The van der Waals surface area contributed by atoms with Crippen LogP contribution >= 0.6 is 11.3 Å². The van der Waals surface area contributed by atoms with Crippen LogP contribution in [0.25, 0.3) is 0 Å². The van der Waals surface area contributed by atoms with Crippen molar-refractivity contribution in [1.29, 1.82) is 0 Å². The molecular weight excluding hydrogens is 334 g/mol. The fourth-order valence-electron chi connectivity index (χ4n) is 3.81. The molecule has 1 aromatic rings. The average Bonchev–Trinajstić information content (AvgIpc) is 3.03. The molecule has 1 unspecified atom stereocenters. The third-order valence-corrected chi connectivity index (χ3v) is 6.15. The molecule has 1 aliphatic carbocycles. The summed E-state index contributed by atoms with van der Waals surface area (Å²) in [5, 5.41) is 8.23. The van der Waals surface area contributed by atoms with Crippen LogP contribution in [0, 0.1) is 5.92 Å². The lowest BCUT2D eigenvalue weighted by Gasteiger charge is -2.33. The number of urea groups is 1. The summed E-state index contributed by atoms with van der Waals surface area (Å²) in [6, 6.07) is 4.28. The van der Waals surface area contributed by atoms with E-state index in [0.29, 0.717) is 19.1 Å². The van der Waals surface area contributed by atoms with Gasteiger partial charge >= 0.3 is 6.03 Å². The SMILES string of the molecule is O=C(NC1CCCCCC1)C1CCCN(C(=O)NCc2cccs2)C1. The lowest BCUT2D eigenvalue weighted by Crippen LogP contribution is -2.50. The zero-order valence-electron chi connectivity index (χ0n) is 14.8. The van der Waals surface area contributed by atoms with Gasteiger partial charge in [0, 0.05) is 24.0 Å². The molecule has 1 saturated heterocycles. The molecule has 2 aliphatic rings. The Morgan fingerprint density at radius 1 is 1.12 bits per heavy atom. The molecule has 3 amide bonds. The zero-order valence-corrected chi connectivity index (χ0v) is 15.7. The van der Waals surface area contributed by atoms with E-state index in [-0.39, 0.29) is 17.9 Å². The van der Waals surface area contributed by atoms with E-state index in [0.717, 1.165) is 37.1 Å². The Labute approximate surface area is 154 Å². The van der Waals surface area contributed by atoms with Crippen molar-refractivity contribution in [1.82, 2.24) is 15.5 Å². The maximum Gasteiger partial charge on any atom is 0.317 e. The highest BCUT2D eigenvalue weighted by atomic mass is 32.1. The van der Waals surface area contributed by atoms with Gasteiger partial charge in [0.25, 0.3) is 0 Å². The number of likely N-dealkylation sites (tertiary alicyclic amines) is 1. The van der Waals surface area contributed by atoms with Crippen molar-refractivity contribution in [2.24, 2.45) is 5.92 Å². The lowest BCUT2D eigenvalue weighted by atomic mass is 9.96. The predicted octanol–water partition coefficient (Wildman–Crippen LogP) is 3.51. The predicted molar refractivity (Wildman–Crippen MR) is 100 cm³/mol. The molecule has 1 aliphatic heterocycles. The maximum absolute atomic E-state index is 12.6. The normalized spacial score (nSPS) is 22.2. The third kappa shape index (κ3) is 5.46. The molecule has 0 aromatic carbocycles. The van der Waals surface area contributed by atoms with Crippen LogP contribution in [-0.2, 0) is 11.3 Å². The number of hydrogen-bond acceptors (Lipinski definition) is 3. The van der Waals surface area contributed by atoms with Gasteiger partial charge in [-0.25, -0.2) is 4.79 Å². The monoisotopic (exact) mass is 363 g/mol. The fraction of sp³-hybridized carbons (Fsp3) is 0.684. The van der Waals surface area contributed by atoms with Gasteiger partial charge in [-0.2, -0.15) is 0 Å². The summed E-state index contributed by atoms with van der Waals surface area (Å²) in [7, 11) is 0. The Kier molecular flexibility index (Phi) is 6.73. The zero-order chi connectivity index (χ0) is 17.5. The molecule has 1 saturated carbocycles. The van der Waals surface area contributed by atoms with Crippen molar-refractivity contribution < 1.29 is 9.59 Å². The molecule has 2 fully saturated rings. The largest absolute Gasteiger partial charge is 0.353 e. The molecule has 25 heavy (non-hydrogen) atoms. The Bertz CT molecular complexity index is 553. The van der Waals surface area contributed by atoms with Gasteiger partial charge in [-0.05, 0) is 37.1 Å². The number of nitrogens with one attached hydrogen (secondary N) is 2. The number of amides is 3. The second kappa shape index (κ2) is 9.22. The number of hydrogen-bond donors (Lipinski definition) is 2.